The number of phosphoric acid groups is 3. The summed E-state index contributed by atoms with van der Waals surface area (Å²) in [5.41, 5.74) is 5.55. The molecule has 0 aliphatic rings. The van der Waals surface area contributed by atoms with Crippen molar-refractivity contribution < 1.29 is 46.8 Å². The van der Waals surface area contributed by atoms with Crippen molar-refractivity contribution in [2.45, 2.75) is 79.1 Å². The highest BCUT2D eigenvalue weighted by atomic mass is 31.3. The Balaban J connectivity index is 0. The molecule has 0 spiro atoms. The molecular weight excluding hydrogens is 535 g/mol. The molecule has 0 saturated carbocycles. The van der Waals surface area contributed by atoms with E-state index in [2.05, 4.69) is 46.5 Å². The number of hydrogen-bond donors (Lipinski definition) is 7. The summed E-state index contributed by atoms with van der Waals surface area (Å²) >= 11 is 0. The van der Waals surface area contributed by atoms with Crippen molar-refractivity contribution >= 4 is 23.5 Å². The third-order valence-corrected chi connectivity index (χ3v) is 8.21. The van der Waals surface area contributed by atoms with Crippen LogP contribution in [0.25, 0.3) is 0 Å². The maximum absolute atomic E-state index is 10.4. The fraction of sp³-hybridized carbons (Fsp3) is 1.00. The van der Waals surface area contributed by atoms with E-state index in [-0.39, 0.29) is 0 Å². The minimum atomic E-state index is -5.46. The van der Waals surface area contributed by atoms with Gasteiger partial charge in [0.25, 0.3) is 0 Å². The monoisotopic (exact) mass is 585 g/mol. The number of nitrogens with one attached hydrogen (secondary N) is 1. The van der Waals surface area contributed by atoms with Crippen molar-refractivity contribution in [1.82, 2.24) is 10.2 Å². The molecule has 0 aromatic carbocycles. The Morgan fingerprint density at radius 3 is 1.44 bits per heavy atom. The van der Waals surface area contributed by atoms with Gasteiger partial charge in [0.1, 0.15) is 0 Å². The second kappa shape index (κ2) is 21.2. The summed E-state index contributed by atoms with van der Waals surface area (Å²) in [6.07, 6.45) is 11.0. The fourth-order valence-electron chi connectivity index (χ4n) is 3.21. The van der Waals surface area contributed by atoms with Crippen LogP contribution in [0.1, 0.15) is 79.1 Å². The normalized spacial score (nSPS) is 12.9. The number of unbranched alkanes of at least 4 members (excludes halogenated alkanes) is 4. The molecular formula is C20H50N3O10P3. The van der Waals surface area contributed by atoms with Gasteiger partial charge in [-0.3, -0.25) is 0 Å². The van der Waals surface area contributed by atoms with Gasteiger partial charge in [0.05, 0.1) is 0 Å². The van der Waals surface area contributed by atoms with Crippen LogP contribution in [-0.4, -0.2) is 68.6 Å². The van der Waals surface area contributed by atoms with E-state index < -0.39 is 23.5 Å². The summed E-state index contributed by atoms with van der Waals surface area (Å²) in [5.74, 6) is 1.71. The molecule has 0 aromatic rings. The lowest BCUT2D eigenvalue weighted by Gasteiger charge is -2.22. The first-order valence-electron chi connectivity index (χ1n) is 12.5. The van der Waals surface area contributed by atoms with Crippen LogP contribution in [0.3, 0.4) is 0 Å². The molecule has 0 rings (SSSR count). The van der Waals surface area contributed by atoms with Gasteiger partial charge in [-0.2, -0.15) is 8.62 Å². The highest BCUT2D eigenvalue weighted by molar-refractivity contribution is 7.66. The molecule has 0 heterocycles. The second-order valence-electron chi connectivity index (χ2n) is 9.48. The molecule has 8 N–H and O–H groups in total. The van der Waals surface area contributed by atoms with E-state index >= 15 is 0 Å². The van der Waals surface area contributed by atoms with Crippen LogP contribution in [-0.2, 0) is 22.3 Å². The van der Waals surface area contributed by atoms with Gasteiger partial charge >= 0.3 is 23.5 Å². The van der Waals surface area contributed by atoms with Gasteiger partial charge in [-0.25, -0.2) is 13.7 Å². The van der Waals surface area contributed by atoms with Crippen molar-refractivity contribution in [3.63, 3.8) is 0 Å². The van der Waals surface area contributed by atoms with Crippen LogP contribution in [0.15, 0.2) is 0 Å². The van der Waals surface area contributed by atoms with Gasteiger partial charge in [-0.15, -0.1) is 0 Å². The molecule has 36 heavy (non-hydrogen) atoms. The van der Waals surface area contributed by atoms with Gasteiger partial charge in [-0.05, 0) is 37.8 Å². The minimum Gasteiger partial charge on any atom is -0.329 e. The van der Waals surface area contributed by atoms with Crippen molar-refractivity contribution in [2.24, 2.45) is 17.6 Å². The van der Waals surface area contributed by atoms with E-state index in [1.54, 1.807) is 0 Å². The van der Waals surface area contributed by atoms with E-state index in [0.29, 0.717) is 0 Å². The SMILES string of the molecule is CC(C)CCCCCN(CCCCCC(C)C)CCNCCN.O=P(O)(O)OP(=O)(O)OP(=O)(O)O. The zero-order chi connectivity index (χ0) is 28.3. The molecule has 0 aliphatic carbocycles. The molecule has 0 aromatic heterocycles. The van der Waals surface area contributed by atoms with E-state index in [1.165, 1.54) is 71.0 Å². The summed E-state index contributed by atoms with van der Waals surface area (Å²) in [6.45, 7) is 15.8. The molecule has 0 bridgehead atoms. The Labute approximate surface area is 216 Å². The highest BCUT2D eigenvalue weighted by Gasteiger charge is 2.38. The van der Waals surface area contributed by atoms with Gasteiger partial charge in [0.15, 0.2) is 0 Å². The maximum atomic E-state index is 10.4. The zero-order valence-corrected chi connectivity index (χ0v) is 24.9. The average Bonchev–Trinajstić information content (AvgIpc) is 2.66. The molecule has 0 amide bonds. The molecule has 0 unspecified atom stereocenters. The third-order valence-electron chi connectivity index (χ3n) is 4.86. The molecule has 0 radical (unpaired) electrons. The van der Waals surface area contributed by atoms with Gasteiger partial charge in [-0.1, -0.05) is 66.2 Å². The average molecular weight is 586 g/mol. The fourth-order valence-corrected chi connectivity index (χ4v) is 5.75. The Morgan fingerprint density at radius 1 is 0.694 bits per heavy atom. The highest BCUT2D eigenvalue weighted by Crippen LogP contribution is 2.64. The Bertz CT molecular complexity index is 627. The quantitative estimate of drug-likeness (QED) is 0.0759. The van der Waals surface area contributed by atoms with E-state index in [1.807, 2.05) is 0 Å². The molecule has 16 heteroatoms. The van der Waals surface area contributed by atoms with Crippen molar-refractivity contribution in [3.8, 4) is 0 Å². The van der Waals surface area contributed by atoms with Crippen LogP contribution in [0.5, 0.6) is 0 Å². The summed E-state index contributed by atoms with van der Waals surface area (Å²) < 4.78 is 36.4. The first-order chi connectivity index (χ1) is 16.5. The Hall–Kier alpha value is 0.290. The number of hydrogen-bond acceptors (Lipinski definition) is 8. The number of nitrogens with two attached hydrogens (primary N) is 1. The molecule has 0 saturated heterocycles. The summed E-state index contributed by atoms with van der Waals surface area (Å²) in [7, 11) is -16.2. The lowest BCUT2D eigenvalue weighted by Crippen LogP contribution is -2.35. The van der Waals surface area contributed by atoms with Crippen LogP contribution in [0.4, 0.5) is 0 Å². The lowest BCUT2D eigenvalue weighted by atomic mass is 10.0. The predicted octanol–water partition coefficient (Wildman–Crippen LogP) is 3.57. The second-order valence-corrected chi connectivity index (χ2v) is 13.7. The summed E-state index contributed by atoms with van der Waals surface area (Å²) in [5, 5.41) is 3.43. The van der Waals surface area contributed by atoms with Gasteiger partial charge < -0.3 is 40.4 Å². The first-order valence-corrected chi connectivity index (χ1v) is 17.0. The number of nitrogens with zero attached hydrogens (tertiary/aromatic N) is 1. The van der Waals surface area contributed by atoms with E-state index in [9.17, 15) is 13.7 Å². The molecule has 13 nitrogen and oxygen atoms in total. The van der Waals surface area contributed by atoms with Crippen LogP contribution >= 0.6 is 23.5 Å². The topological polar surface area (TPSA) is 212 Å². The Morgan fingerprint density at radius 2 is 1.11 bits per heavy atom. The van der Waals surface area contributed by atoms with Crippen LogP contribution in [0, 0.1) is 11.8 Å². The summed E-state index contributed by atoms with van der Waals surface area (Å²) in [4.78, 5) is 42.9. The largest absolute Gasteiger partial charge is 0.490 e. The lowest BCUT2D eigenvalue weighted by molar-refractivity contribution is 0.204. The minimum absolute atomic E-state index is 0.740. The van der Waals surface area contributed by atoms with Crippen molar-refractivity contribution in [3.05, 3.63) is 0 Å². The van der Waals surface area contributed by atoms with E-state index in [4.69, 9.17) is 30.2 Å². The van der Waals surface area contributed by atoms with Gasteiger partial charge in [0, 0.05) is 26.2 Å². The predicted molar refractivity (Wildman–Crippen MR) is 141 cm³/mol. The Kier molecular flexibility index (Phi) is 22.6. The summed E-state index contributed by atoms with van der Waals surface area (Å²) in [6, 6.07) is 0. The van der Waals surface area contributed by atoms with Crippen LogP contribution in [0.2, 0.25) is 0 Å². The van der Waals surface area contributed by atoms with Gasteiger partial charge in [0.2, 0.25) is 0 Å². The zero-order valence-electron chi connectivity index (χ0n) is 22.2. The first kappa shape index (κ1) is 38.4. The third kappa shape index (κ3) is 32.3. The van der Waals surface area contributed by atoms with E-state index in [0.717, 1.165) is 31.5 Å². The smallest absolute Gasteiger partial charge is 0.329 e. The molecule has 0 atom stereocenters. The van der Waals surface area contributed by atoms with Crippen LogP contribution < -0.4 is 11.1 Å². The standard InChI is InChI=1S/C20H45N3.H5O10P3/c1-19(2)11-7-5-9-16-23(18-15-22-14-13-21)17-10-6-8-12-20(3)4;1-11(2,3)9-13(7,8)10-12(4,5)6/h19-20,22H,5-18,21H2,1-4H3;(H,7,8)(H2,1,2,3)(H2,4,5,6). The number of rotatable bonds is 21. The molecule has 0 aliphatic heterocycles. The molecule has 220 valence electrons. The van der Waals surface area contributed by atoms with Crippen molar-refractivity contribution in [1.29, 1.82) is 0 Å². The maximum Gasteiger partial charge on any atom is 0.490 e. The van der Waals surface area contributed by atoms with Crippen molar-refractivity contribution in [2.75, 3.05) is 39.3 Å². The molecule has 0 fully saturated rings.